The summed E-state index contributed by atoms with van der Waals surface area (Å²) >= 11 is 11.9. The van der Waals surface area contributed by atoms with Crippen molar-refractivity contribution in [1.29, 1.82) is 0 Å². The maximum Gasteiger partial charge on any atom is 0.0505 e. The quantitative estimate of drug-likeness (QED) is 0.860. The third kappa shape index (κ3) is 1.87. The summed E-state index contributed by atoms with van der Waals surface area (Å²) in [6, 6.07) is 5.47. The van der Waals surface area contributed by atoms with E-state index in [4.69, 9.17) is 28.9 Å². The third-order valence-corrected chi connectivity index (χ3v) is 3.81. The first kappa shape index (κ1) is 11.2. The number of aliphatic hydroxyl groups excluding tert-OH is 1. The molecule has 1 aliphatic carbocycles. The molecule has 0 bridgehead atoms. The number of hydrogen-bond acceptors (Lipinski definition) is 2. The van der Waals surface area contributed by atoms with Gasteiger partial charge in [-0.3, -0.25) is 0 Å². The molecule has 0 heterocycles. The Morgan fingerprint density at radius 1 is 1.47 bits per heavy atom. The SMILES string of the molecule is NC[C@@]1(CO)C[C@@H]1c1ccc(Cl)cc1Cl. The van der Waals surface area contributed by atoms with Crippen LogP contribution in [0.5, 0.6) is 0 Å². The van der Waals surface area contributed by atoms with E-state index in [1.165, 1.54) is 0 Å². The molecule has 1 aliphatic rings. The smallest absolute Gasteiger partial charge is 0.0505 e. The number of halogens is 2. The summed E-state index contributed by atoms with van der Waals surface area (Å²) in [4.78, 5) is 0. The van der Waals surface area contributed by atoms with Gasteiger partial charge in [0.1, 0.15) is 0 Å². The summed E-state index contributed by atoms with van der Waals surface area (Å²) in [5.74, 6) is 0.275. The Kier molecular flexibility index (Phi) is 2.95. The van der Waals surface area contributed by atoms with Crippen LogP contribution in [0, 0.1) is 5.41 Å². The summed E-state index contributed by atoms with van der Waals surface area (Å²) in [6.07, 6.45) is 0.904. The Labute approximate surface area is 99.0 Å². The fourth-order valence-corrected chi connectivity index (χ4v) is 2.58. The Balaban J connectivity index is 2.26. The van der Waals surface area contributed by atoms with Gasteiger partial charge in [-0.25, -0.2) is 0 Å². The van der Waals surface area contributed by atoms with Crippen LogP contribution in [0.15, 0.2) is 18.2 Å². The molecule has 0 unspecified atom stereocenters. The lowest BCUT2D eigenvalue weighted by atomic mass is 10.00. The first-order valence-corrected chi connectivity index (χ1v) is 5.64. The van der Waals surface area contributed by atoms with E-state index >= 15 is 0 Å². The van der Waals surface area contributed by atoms with Crippen LogP contribution < -0.4 is 5.73 Å². The van der Waals surface area contributed by atoms with E-state index in [-0.39, 0.29) is 17.9 Å². The van der Waals surface area contributed by atoms with Crippen molar-refractivity contribution in [3.63, 3.8) is 0 Å². The van der Waals surface area contributed by atoms with Gasteiger partial charge in [0, 0.05) is 22.0 Å². The molecule has 3 N–H and O–H groups in total. The molecule has 1 aromatic carbocycles. The molecule has 0 amide bonds. The molecule has 2 nitrogen and oxygen atoms in total. The highest BCUT2D eigenvalue weighted by Crippen LogP contribution is 2.59. The highest BCUT2D eigenvalue weighted by atomic mass is 35.5. The van der Waals surface area contributed by atoms with Crippen molar-refractivity contribution < 1.29 is 5.11 Å². The second-order valence-electron chi connectivity index (χ2n) is 4.15. The third-order valence-electron chi connectivity index (χ3n) is 3.25. The van der Waals surface area contributed by atoms with Crippen molar-refractivity contribution in [3.8, 4) is 0 Å². The fraction of sp³-hybridized carbons (Fsp3) is 0.455. The topological polar surface area (TPSA) is 46.2 Å². The van der Waals surface area contributed by atoms with E-state index in [9.17, 15) is 5.11 Å². The van der Waals surface area contributed by atoms with Gasteiger partial charge in [-0.05, 0) is 30.0 Å². The average Bonchev–Trinajstić information content (AvgIpc) is 2.93. The van der Waals surface area contributed by atoms with Crippen molar-refractivity contribution in [2.45, 2.75) is 12.3 Å². The molecule has 1 fully saturated rings. The Morgan fingerprint density at radius 2 is 2.20 bits per heavy atom. The molecular weight excluding hydrogens is 233 g/mol. The minimum atomic E-state index is -0.155. The molecular formula is C11H13Cl2NO. The molecule has 15 heavy (non-hydrogen) atoms. The van der Waals surface area contributed by atoms with Crippen LogP contribution in [-0.4, -0.2) is 18.3 Å². The maximum absolute atomic E-state index is 9.28. The lowest BCUT2D eigenvalue weighted by Crippen LogP contribution is -2.21. The van der Waals surface area contributed by atoms with Gasteiger partial charge >= 0.3 is 0 Å². The summed E-state index contributed by atoms with van der Waals surface area (Å²) < 4.78 is 0. The molecule has 2 rings (SSSR count). The maximum atomic E-state index is 9.28. The summed E-state index contributed by atoms with van der Waals surface area (Å²) in [5.41, 5.74) is 6.54. The molecule has 0 radical (unpaired) electrons. The van der Waals surface area contributed by atoms with E-state index in [0.29, 0.717) is 16.6 Å². The molecule has 1 saturated carbocycles. The predicted molar refractivity (Wildman–Crippen MR) is 62.4 cm³/mol. The van der Waals surface area contributed by atoms with Crippen LogP contribution in [0.3, 0.4) is 0 Å². The monoisotopic (exact) mass is 245 g/mol. The fourth-order valence-electron chi connectivity index (χ4n) is 2.04. The number of rotatable bonds is 3. The van der Waals surface area contributed by atoms with Gasteiger partial charge in [-0.1, -0.05) is 29.3 Å². The van der Waals surface area contributed by atoms with Crippen molar-refractivity contribution in [1.82, 2.24) is 0 Å². The van der Waals surface area contributed by atoms with Crippen LogP contribution >= 0.6 is 23.2 Å². The lowest BCUT2D eigenvalue weighted by Gasteiger charge is -2.12. The first-order valence-electron chi connectivity index (χ1n) is 4.89. The average molecular weight is 246 g/mol. The normalized spacial score (nSPS) is 29.2. The van der Waals surface area contributed by atoms with Gasteiger partial charge in [0.25, 0.3) is 0 Å². The van der Waals surface area contributed by atoms with Crippen LogP contribution in [0.2, 0.25) is 10.0 Å². The Hall–Kier alpha value is -0.280. The zero-order chi connectivity index (χ0) is 11.1. The standard InChI is InChI=1S/C11H13Cl2NO/c12-7-1-2-8(10(13)3-7)9-4-11(9,5-14)6-15/h1-3,9,15H,4-6,14H2/t9-,11-/m1/s1. The van der Waals surface area contributed by atoms with Gasteiger partial charge in [0.05, 0.1) is 6.61 Å². The molecule has 1 aromatic rings. The Morgan fingerprint density at radius 3 is 2.67 bits per heavy atom. The lowest BCUT2D eigenvalue weighted by molar-refractivity contribution is 0.211. The molecule has 0 aromatic heterocycles. The van der Waals surface area contributed by atoms with Crippen LogP contribution in [0.4, 0.5) is 0 Å². The first-order chi connectivity index (χ1) is 7.13. The zero-order valence-electron chi connectivity index (χ0n) is 8.21. The number of benzene rings is 1. The largest absolute Gasteiger partial charge is 0.396 e. The van der Waals surface area contributed by atoms with Crippen LogP contribution in [-0.2, 0) is 0 Å². The van der Waals surface area contributed by atoms with E-state index in [0.717, 1.165) is 12.0 Å². The van der Waals surface area contributed by atoms with Crippen molar-refractivity contribution in [2.24, 2.45) is 11.1 Å². The Bertz CT molecular complexity index is 377. The zero-order valence-corrected chi connectivity index (χ0v) is 9.72. The van der Waals surface area contributed by atoms with Gasteiger partial charge in [0.15, 0.2) is 0 Å². The number of hydrogen-bond donors (Lipinski definition) is 2. The minimum absolute atomic E-state index is 0.118. The summed E-state index contributed by atoms with van der Waals surface area (Å²) in [6.45, 7) is 0.611. The van der Waals surface area contributed by atoms with Gasteiger partial charge < -0.3 is 10.8 Å². The molecule has 0 aliphatic heterocycles. The van der Waals surface area contributed by atoms with E-state index in [1.54, 1.807) is 6.07 Å². The van der Waals surface area contributed by atoms with E-state index < -0.39 is 0 Å². The van der Waals surface area contributed by atoms with Crippen molar-refractivity contribution >= 4 is 23.2 Å². The number of aliphatic hydroxyl groups is 1. The molecule has 0 spiro atoms. The van der Waals surface area contributed by atoms with Crippen LogP contribution in [0.1, 0.15) is 17.9 Å². The molecule has 4 heteroatoms. The predicted octanol–water partition coefficient (Wildman–Crippen LogP) is 2.42. The molecule has 0 saturated heterocycles. The summed E-state index contributed by atoms with van der Waals surface area (Å²) in [7, 11) is 0. The molecule has 2 atom stereocenters. The van der Waals surface area contributed by atoms with E-state index in [2.05, 4.69) is 0 Å². The van der Waals surface area contributed by atoms with E-state index in [1.807, 2.05) is 12.1 Å². The van der Waals surface area contributed by atoms with Gasteiger partial charge in [0.2, 0.25) is 0 Å². The second-order valence-corrected chi connectivity index (χ2v) is 4.99. The number of nitrogens with two attached hydrogens (primary N) is 1. The van der Waals surface area contributed by atoms with Crippen LogP contribution in [0.25, 0.3) is 0 Å². The van der Waals surface area contributed by atoms with Crippen molar-refractivity contribution in [3.05, 3.63) is 33.8 Å². The highest BCUT2D eigenvalue weighted by Gasteiger charge is 2.53. The minimum Gasteiger partial charge on any atom is -0.396 e. The molecule has 82 valence electrons. The van der Waals surface area contributed by atoms with Crippen molar-refractivity contribution in [2.75, 3.05) is 13.2 Å². The highest BCUT2D eigenvalue weighted by molar-refractivity contribution is 6.35. The van der Waals surface area contributed by atoms with Gasteiger partial charge in [-0.2, -0.15) is 0 Å². The van der Waals surface area contributed by atoms with Gasteiger partial charge in [-0.15, -0.1) is 0 Å². The second kappa shape index (κ2) is 3.95. The summed E-state index contributed by atoms with van der Waals surface area (Å²) in [5, 5.41) is 10.6.